The number of sulfonamides is 1. The molecule has 1 unspecified atom stereocenters. The molecule has 0 fully saturated rings. The molecule has 3 rings (SSSR count). The van der Waals surface area contributed by atoms with E-state index in [1.165, 1.54) is 21.3 Å². The molecule has 0 saturated heterocycles. The quantitative estimate of drug-likeness (QED) is 0.336. The van der Waals surface area contributed by atoms with Crippen LogP contribution < -0.4 is 9.62 Å². The topological polar surface area (TPSA) is 86.8 Å². The van der Waals surface area contributed by atoms with Gasteiger partial charge in [-0.05, 0) is 55.0 Å². The van der Waals surface area contributed by atoms with Gasteiger partial charge in [-0.2, -0.15) is 0 Å². The fourth-order valence-corrected chi connectivity index (χ4v) is 5.78. The number of amides is 2. The van der Waals surface area contributed by atoms with Crippen molar-refractivity contribution in [1.29, 1.82) is 0 Å². The molecule has 39 heavy (non-hydrogen) atoms. The van der Waals surface area contributed by atoms with Gasteiger partial charge in [0.25, 0.3) is 10.0 Å². The second kappa shape index (κ2) is 13.9. The lowest BCUT2D eigenvalue weighted by Crippen LogP contribution is -2.52. The highest BCUT2D eigenvalue weighted by atomic mass is 32.2. The summed E-state index contributed by atoms with van der Waals surface area (Å²) in [6.45, 7) is 7.97. The summed E-state index contributed by atoms with van der Waals surface area (Å²) in [5.41, 5.74) is 2.29. The largest absolute Gasteiger partial charge is 0.354 e. The molecule has 3 aromatic carbocycles. The van der Waals surface area contributed by atoms with E-state index in [4.69, 9.17) is 0 Å². The molecule has 3 aromatic rings. The van der Waals surface area contributed by atoms with Crippen LogP contribution in [0.1, 0.15) is 38.8 Å². The standard InChI is InChI=1S/C31H39N3O4S/c1-5-27-16-12-13-19-29(27)34(39(37,38)28-17-10-7-11-18-28)23-30(35)33(21-20-26-14-8-6-9-15-26)25(4)31(36)32-22-24(2)3/h6-19,24-25H,5,20-23H2,1-4H3,(H,32,36). The molecule has 208 valence electrons. The maximum atomic E-state index is 13.9. The average Bonchev–Trinajstić information content (AvgIpc) is 2.95. The Balaban J connectivity index is 1.98. The van der Waals surface area contributed by atoms with Gasteiger partial charge in [0.15, 0.2) is 0 Å². The Morgan fingerprint density at radius 3 is 2.05 bits per heavy atom. The molecule has 2 amide bonds. The van der Waals surface area contributed by atoms with Gasteiger partial charge < -0.3 is 10.2 Å². The van der Waals surface area contributed by atoms with Gasteiger partial charge in [-0.15, -0.1) is 0 Å². The summed E-state index contributed by atoms with van der Waals surface area (Å²) in [7, 11) is -4.06. The summed E-state index contributed by atoms with van der Waals surface area (Å²) < 4.78 is 29.0. The SMILES string of the molecule is CCc1ccccc1N(CC(=O)N(CCc1ccccc1)C(C)C(=O)NCC(C)C)S(=O)(=O)c1ccccc1. The lowest BCUT2D eigenvalue weighted by Gasteiger charge is -2.32. The first kappa shape index (κ1) is 29.9. The zero-order valence-corrected chi connectivity index (χ0v) is 24.0. The summed E-state index contributed by atoms with van der Waals surface area (Å²) in [4.78, 5) is 28.6. The molecule has 0 bridgehead atoms. The fraction of sp³-hybridized carbons (Fsp3) is 0.355. The molecule has 0 spiro atoms. The molecular weight excluding hydrogens is 510 g/mol. The van der Waals surface area contributed by atoms with E-state index < -0.39 is 28.5 Å². The number of anilines is 1. The smallest absolute Gasteiger partial charge is 0.264 e. The Kier molecular flexibility index (Phi) is 10.7. The maximum Gasteiger partial charge on any atom is 0.264 e. The maximum absolute atomic E-state index is 13.9. The molecule has 8 heteroatoms. The predicted molar refractivity (Wildman–Crippen MR) is 156 cm³/mol. The highest BCUT2D eigenvalue weighted by Gasteiger charge is 2.33. The molecule has 0 radical (unpaired) electrons. The van der Waals surface area contributed by atoms with Gasteiger partial charge in [0.1, 0.15) is 12.6 Å². The van der Waals surface area contributed by atoms with E-state index in [0.717, 1.165) is 11.1 Å². The molecule has 0 heterocycles. The number of carbonyl (C=O) groups is 2. The normalized spacial score (nSPS) is 12.1. The Hall–Kier alpha value is -3.65. The van der Waals surface area contributed by atoms with Crippen molar-refractivity contribution in [3.05, 3.63) is 96.1 Å². The van der Waals surface area contributed by atoms with Crippen LogP contribution >= 0.6 is 0 Å². The highest BCUT2D eigenvalue weighted by Crippen LogP contribution is 2.28. The number of para-hydroxylation sites is 1. The van der Waals surface area contributed by atoms with Crippen molar-refractivity contribution in [2.45, 2.75) is 51.5 Å². The van der Waals surface area contributed by atoms with E-state index in [1.54, 1.807) is 37.3 Å². The Labute approximate surface area is 232 Å². The number of rotatable bonds is 13. The number of nitrogens with one attached hydrogen (secondary N) is 1. The van der Waals surface area contributed by atoms with Crippen molar-refractivity contribution in [1.82, 2.24) is 10.2 Å². The fourth-order valence-electron chi connectivity index (χ4n) is 4.31. The Morgan fingerprint density at radius 2 is 1.44 bits per heavy atom. The summed E-state index contributed by atoms with van der Waals surface area (Å²) in [5, 5.41) is 2.91. The van der Waals surface area contributed by atoms with Gasteiger partial charge >= 0.3 is 0 Å². The van der Waals surface area contributed by atoms with Crippen LogP contribution in [0.15, 0.2) is 89.8 Å². The van der Waals surface area contributed by atoms with Crippen molar-refractivity contribution in [2.24, 2.45) is 5.92 Å². The molecular formula is C31H39N3O4S. The molecule has 1 atom stereocenters. The number of hydrogen-bond acceptors (Lipinski definition) is 4. The van der Waals surface area contributed by atoms with E-state index in [9.17, 15) is 18.0 Å². The van der Waals surface area contributed by atoms with Crippen LogP contribution in [-0.2, 0) is 32.5 Å². The predicted octanol–water partition coefficient (Wildman–Crippen LogP) is 4.68. The van der Waals surface area contributed by atoms with Crippen molar-refractivity contribution in [3.63, 3.8) is 0 Å². The minimum absolute atomic E-state index is 0.0993. The lowest BCUT2D eigenvalue weighted by molar-refractivity contribution is -0.138. The zero-order chi connectivity index (χ0) is 28.4. The molecule has 1 N–H and O–H groups in total. The Morgan fingerprint density at radius 1 is 0.846 bits per heavy atom. The van der Waals surface area contributed by atoms with Gasteiger partial charge in [0, 0.05) is 13.1 Å². The van der Waals surface area contributed by atoms with Crippen LogP contribution in [0, 0.1) is 5.92 Å². The molecule has 0 aliphatic carbocycles. The van der Waals surface area contributed by atoms with E-state index >= 15 is 0 Å². The zero-order valence-electron chi connectivity index (χ0n) is 23.2. The lowest BCUT2D eigenvalue weighted by atomic mass is 10.1. The van der Waals surface area contributed by atoms with Crippen LogP contribution in [0.3, 0.4) is 0 Å². The van der Waals surface area contributed by atoms with Gasteiger partial charge in [0.05, 0.1) is 10.6 Å². The van der Waals surface area contributed by atoms with E-state index in [-0.39, 0.29) is 23.3 Å². The second-order valence-corrected chi connectivity index (χ2v) is 11.8. The summed E-state index contributed by atoms with van der Waals surface area (Å²) >= 11 is 0. The summed E-state index contributed by atoms with van der Waals surface area (Å²) in [6.07, 6.45) is 1.13. The van der Waals surface area contributed by atoms with Crippen molar-refractivity contribution < 1.29 is 18.0 Å². The average molecular weight is 550 g/mol. The second-order valence-electron chi connectivity index (χ2n) is 9.94. The summed E-state index contributed by atoms with van der Waals surface area (Å²) in [6, 6.07) is 24.3. The third kappa shape index (κ3) is 7.93. The molecule has 0 aromatic heterocycles. The van der Waals surface area contributed by atoms with Crippen molar-refractivity contribution in [3.8, 4) is 0 Å². The minimum atomic E-state index is -4.06. The number of aryl methyl sites for hydroxylation is 1. The highest BCUT2D eigenvalue weighted by molar-refractivity contribution is 7.92. The van der Waals surface area contributed by atoms with Crippen LogP contribution in [0.5, 0.6) is 0 Å². The molecule has 0 saturated carbocycles. The number of nitrogens with zero attached hydrogens (tertiary/aromatic N) is 2. The minimum Gasteiger partial charge on any atom is -0.354 e. The van der Waals surface area contributed by atoms with E-state index in [2.05, 4.69) is 5.32 Å². The Bertz CT molecular complexity index is 1330. The van der Waals surface area contributed by atoms with E-state index in [0.29, 0.717) is 25.1 Å². The number of hydrogen-bond donors (Lipinski definition) is 1. The van der Waals surface area contributed by atoms with Crippen LogP contribution in [0.25, 0.3) is 0 Å². The molecule has 7 nitrogen and oxygen atoms in total. The first-order chi connectivity index (χ1) is 18.6. The van der Waals surface area contributed by atoms with Gasteiger partial charge in [-0.3, -0.25) is 13.9 Å². The van der Waals surface area contributed by atoms with Crippen molar-refractivity contribution in [2.75, 3.05) is 23.9 Å². The third-order valence-corrected chi connectivity index (χ3v) is 8.36. The first-order valence-corrected chi connectivity index (χ1v) is 14.9. The van der Waals surface area contributed by atoms with Crippen molar-refractivity contribution >= 4 is 27.5 Å². The molecule has 0 aliphatic rings. The van der Waals surface area contributed by atoms with Gasteiger partial charge in [0.2, 0.25) is 11.8 Å². The monoisotopic (exact) mass is 549 g/mol. The number of carbonyl (C=O) groups excluding carboxylic acids is 2. The summed E-state index contributed by atoms with van der Waals surface area (Å²) in [5.74, 6) is -0.452. The molecule has 0 aliphatic heterocycles. The van der Waals surface area contributed by atoms with Crippen LogP contribution in [0.2, 0.25) is 0 Å². The number of benzene rings is 3. The van der Waals surface area contributed by atoms with Crippen LogP contribution in [0.4, 0.5) is 5.69 Å². The third-order valence-electron chi connectivity index (χ3n) is 6.59. The van der Waals surface area contributed by atoms with Crippen LogP contribution in [-0.4, -0.2) is 50.8 Å². The van der Waals surface area contributed by atoms with E-state index in [1.807, 2.05) is 63.2 Å². The first-order valence-electron chi connectivity index (χ1n) is 13.4. The van der Waals surface area contributed by atoms with Gasteiger partial charge in [-0.25, -0.2) is 8.42 Å². The van der Waals surface area contributed by atoms with Gasteiger partial charge in [-0.1, -0.05) is 87.5 Å².